The molecule has 0 saturated carbocycles. The zero-order valence-electron chi connectivity index (χ0n) is 8.51. The monoisotopic (exact) mass is 210 g/mol. The molecule has 0 spiro atoms. The maximum Gasteiger partial charge on any atom is 0.150 e. The summed E-state index contributed by atoms with van der Waals surface area (Å²) in [5.74, 6) is 0.439. The SMILES string of the molecule is Nc1ccc2c(c1)nc(N)c1ncccc12. The Morgan fingerprint density at radius 3 is 2.75 bits per heavy atom. The lowest BCUT2D eigenvalue weighted by Gasteiger charge is -2.05. The predicted molar refractivity (Wildman–Crippen MR) is 65.9 cm³/mol. The average molecular weight is 210 g/mol. The molecule has 0 aliphatic heterocycles. The molecule has 16 heavy (non-hydrogen) atoms. The number of pyridine rings is 2. The third kappa shape index (κ3) is 1.16. The van der Waals surface area contributed by atoms with Crippen LogP contribution in [0.15, 0.2) is 36.5 Å². The second kappa shape index (κ2) is 3.06. The summed E-state index contributed by atoms with van der Waals surface area (Å²) in [6.07, 6.45) is 1.71. The van der Waals surface area contributed by atoms with E-state index in [-0.39, 0.29) is 0 Å². The number of rotatable bonds is 0. The molecule has 0 atom stereocenters. The molecule has 3 rings (SSSR count). The fourth-order valence-electron chi connectivity index (χ4n) is 1.88. The van der Waals surface area contributed by atoms with Gasteiger partial charge >= 0.3 is 0 Å². The molecule has 0 bridgehead atoms. The minimum atomic E-state index is 0.439. The number of fused-ring (bicyclic) bond motifs is 3. The Hall–Kier alpha value is -2.36. The first-order chi connectivity index (χ1) is 7.75. The second-order valence-corrected chi connectivity index (χ2v) is 3.67. The lowest BCUT2D eigenvalue weighted by molar-refractivity contribution is 1.36. The zero-order chi connectivity index (χ0) is 11.1. The summed E-state index contributed by atoms with van der Waals surface area (Å²) < 4.78 is 0. The number of benzene rings is 1. The molecule has 0 saturated heterocycles. The topological polar surface area (TPSA) is 77.8 Å². The molecule has 3 aromatic rings. The van der Waals surface area contributed by atoms with E-state index in [0.29, 0.717) is 11.5 Å². The van der Waals surface area contributed by atoms with Crippen LogP contribution in [-0.4, -0.2) is 9.97 Å². The molecule has 0 amide bonds. The highest BCUT2D eigenvalue weighted by Crippen LogP contribution is 2.26. The quantitative estimate of drug-likeness (QED) is 0.439. The maximum atomic E-state index is 5.86. The van der Waals surface area contributed by atoms with Gasteiger partial charge in [0.05, 0.1) is 5.52 Å². The van der Waals surface area contributed by atoms with Gasteiger partial charge in [-0.15, -0.1) is 0 Å². The summed E-state index contributed by atoms with van der Waals surface area (Å²) in [5, 5.41) is 2.02. The van der Waals surface area contributed by atoms with Gasteiger partial charge in [0.15, 0.2) is 5.82 Å². The van der Waals surface area contributed by atoms with Gasteiger partial charge in [-0.05, 0) is 18.2 Å². The van der Waals surface area contributed by atoms with E-state index in [4.69, 9.17) is 11.5 Å². The molecule has 4 N–H and O–H groups in total. The lowest BCUT2D eigenvalue weighted by atomic mass is 10.1. The van der Waals surface area contributed by atoms with Gasteiger partial charge in [-0.1, -0.05) is 12.1 Å². The molecule has 0 radical (unpaired) electrons. The molecule has 0 unspecified atom stereocenters. The summed E-state index contributed by atoms with van der Waals surface area (Å²) >= 11 is 0. The highest BCUT2D eigenvalue weighted by molar-refractivity contribution is 6.08. The predicted octanol–water partition coefficient (Wildman–Crippen LogP) is 1.95. The summed E-state index contributed by atoms with van der Waals surface area (Å²) in [7, 11) is 0. The van der Waals surface area contributed by atoms with Crippen LogP contribution in [0, 0.1) is 0 Å². The van der Waals surface area contributed by atoms with Crippen LogP contribution in [0.5, 0.6) is 0 Å². The van der Waals surface area contributed by atoms with Crippen molar-refractivity contribution in [2.75, 3.05) is 11.5 Å². The van der Waals surface area contributed by atoms with E-state index in [0.717, 1.165) is 21.8 Å². The Kier molecular flexibility index (Phi) is 1.71. The molecule has 4 heteroatoms. The van der Waals surface area contributed by atoms with Gasteiger partial charge in [0.25, 0.3) is 0 Å². The number of aromatic nitrogens is 2. The van der Waals surface area contributed by atoms with Crippen molar-refractivity contribution in [2.45, 2.75) is 0 Å². The van der Waals surface area contributed by atoms with Crippen LogP contribution >= 0.6 is 0 Å². The van der Waals surface area contributed by atoms with Crippen molar-refractivity contribution >= 4 is 33.3 Å². The van der Waals surface area contributed by atoms with Crippen LogP contribution in [0.2, 0.25) is 0 Å². The summed E-state index contributed by atoms with van der Waals surface area (Å²) in [6.45, 7) is 0. The minimum Gasteiger partial charge on any atom is -0.399 e. The highest BCUT2D eigenvalue weighted by Gasteiger charge is 2.06. The van der Waals surface area contributed by atoms with Gasteiger partial charge in [-0.25, -0.2) is 4.98 Å². The number of hydrogen-bond acceptors (Lipinski definition) is 4. The van der Waals surface area contributed by atoms with E-state index in [9.17, 15) is 0 Å². The minimum absolute atomic E-state index is 0.439. The van der Waals surface area contributed by atoms with E-state index in [1.807, 2.05) is 30.3 Å². The first-order valence-electron chi connectivity index (χ1n) is 4.95. The smallest absolute Gasteiger partial charge is 0.150 e. The zero-order valence-corrected chi connectivity index (χ0v) is 8.51. The molecule has 0 aliphatic carbocycles. The fourth-order valence-corrected chi connectivity index (χ4v) is 1.88. The largest absolute Gasteiger partial charge is 0.399 e. The van der Waals surface area contributed by atoms with Crippen molar-refractivity contribution in [1.82, 2.24) is 9.97 Å². The number of nitrogen functional groups attached to an aromatic ring is 2. The molecule has 4 nitrogen and oxygen atoms in total. The average Bonchev–Trinajstić information content (AvgIpc) is 2.29. The van der Waals surface area contributed by atoms with Crippen LogP contribution in [0.3, 0.4) is 0 Å². The van der Waals surface area contributed by atoms with E-state index >= 15 is 0 Å². The van der Waals surface area contributed by atoms with E-state index in [1.54, 1.807) is 6.20 Å². The Balaban J connectivity index is 2.59. The lowest BCUT2D eigenvalue weighted by Crippen LogP contribution is -1.95. The van der Waals surface area contributed by atoms with Crippen molar-refractivity contribution in [1.29, 1.82) is 0 Å². The second-order valence-electron chi connectivity index (χ2n) is 3.67. The normalized spacial score (nSPS) is 11.0. The van der Waals surface area contributed by atoms with E-state index in [1.165, 1.54) is 0 Å². The number of anilines is 2. The van der Waals surface area contributed by atoms with E-state index in [2.05, 4.69) is 9.97 Å². The van der Waals surface area contributed by atoms with Gasteiger partial charge in [-0.3, -0.25) is 4.98 Å². The van der Waals surface area contributed by atoms with Crippen LogP contribution < -0.4 is 11.5 Å². The number of hydrogen-bond donors (Lipinski definition) is 2. The van der Waals surface area contributed by atoms with Gasteiger partial charge in [0, 0.05) is 22.7 Å². The Morgan fingerprint density at radius 2 is 1.88 bits per heavy atom. The summed E-state index contributed by atoms with van der Waals surface area (Å²) in [6, 6.07) is 9.49. The van der Waals surface area contributed by atoms with Crippen molar-refractivity contribution in [3.63, 3.8) is 0 Å². The fraction of sp³-hybridized carbons (Fsp3) is 0. The molecule has 1 aromatic carbocycles. The highest BCUT2D eigenvalue weighted by atomic mass is 14.9. The summed E-state index contributed by atoms with van der Waals surface area (Å²) in [5.41, 5.74) is 13.8. The van der Waals surface area contributed by atoms with Gasteiger partial charge in [0.2, 0.25) is 0 Å². The molecule has 2 aromatic heterocycles. The number of nitrogens with two attached hydrogens (primary N) is 2. The van der Waals surface area contributed by atoms with Crippen LogP contribution in [0.1, 0.15) is 0 Å². The molecular weight excluding hydrogens is 200 g/mol. The first-order valence-corrected chi connectivity index (χ1v) is 4.95. The third-order valence-corrected chi connectivity index (χ3v) is 2.60. The Bertz CT molecular complexity index is 691. The molecule has 0 fully saturated rings. The van der Waals surface area contributed by atoms with Crippen LogP contribution in [0.25, 0.3) is 21.8 Å². The number of nitrogens with zero attached hydrogens (tertiary/aromatic N) is 2. The van der Waals surface area contributed by atoms with Crippen LogP contribution in [-0.2, 0) is 0 Å². The first kappa shape index (κ1) is 8.91. The standard InChI is InChI=1S/C12H10N4/c13-7-3-4-8-9-2-1-5-15-11(9)12(14)16-10(8)6-7/h1-6H,13H2,(H2,14,16). The summed E-state index contributed by atoms with van der Waals surface area (Å²) in [4.78, 5) is 8.53. The third-order valence-electron chi connectivity index (χ3n) is 2.60. The Labute approximate surface area is 91.9 Å². The van der Waals surface area contributed by atoms with Crippen molar-refractivity contribution in [3.05, 3.63) is 36.5 Å². The van der Waals surface area contributed by atoms with Crippen molar-refractivity contribution in [3.8, 4) is 0 Å². The molecule has 78 valence electrons. The van der Waals surface area contributed by atoms with Crippen molar-refractivity contribution in [2.24, 2.45) is 0 Å². The van der Waals surface area contributed by atoms with E-state index < -0.39 is 0 Å². The van der Waals surface area contributed by atoms with Gasteiger partial charge in [0.1, 0.15) is 5.52 Å². The maximum absolute atomic E-state index is 5.86. The molecular formula is C12H10N4. The molecule has 0 aliphatic rings. The molecule has 2 heterocycles. The Morgan fingerprint density at radius 1 is 1.00 bits per heavy atom. The van der Waals surface area contributed by atoms with Crippen LogP contribution in [0.4, 0.5) is 11.5 Å². The van der Waals surface area contributed by atoms with Gasteiger partial charge < -0.3 is 11.5 Å². The van der Waals surface area contributed by atoms with Gasteiger partial charge in [-0.2, -0.15) is 0 Å². The van der Waals surface area contributed by atoms with Crippen molar-refractivity contribution < 1.29 is 0 Å².